The first-order valence-electron chi connectivity index (χ1n) is 3.92. The van der Waals surface area contributed by atoms with E-state index in [0.717, 1.165) is 6.54 Å². The van der Waals surface area contributed by atoms with Crippen molar-refractivity contribution in [2.45, 2.75) is 6.10 Å². The summed E-state index contributed by atoms with van der Waals surface area (Å²) in [6.45, 7) is 3.25. The summed E-state index contributed by atoms with van der Waals surface area (Å²) in [7, 11) is 0. The lowest BCUT2D eigenvalue weighted by Gasteiger charge is -2.18. The maximum absolute atomic E-state index is 9.24. The van der Waals surface area contributed by atoms with Crippen LogP contribution in [0.25, 0.3) is 0 Å². The number of β-amino-alcohol motifs (C(OH)–C–C–N with tert-alkyl or cyclic N) is 2. The Morgan fingerprint density at radius 3 is 3.09 bits per heavy atom. The summed E-state index contributed by atoms with van der Waals surface area (Å²) in [4.78, 5) is 2.00. The van der Waals surface area contributed by atoms with E-state index in [-0.39, 0.29) is 6.61 Å². The van der Waals surface area contributed by atoms with Gasteiger partial charge in [-0.15, -0.1) is 0 Å². The fourth-order valence-corrected chi connectivity index (χ4v) is 1.20. The molecular formula is C7H15NO3. The predicted molar refractivity (Wildman–Crippen MR) is 40.4 cm³/mol. The molecule has 0 aromatic rings. The Kier molecular flexibility index (Phi) is 3.79. The van der Waals surface area contributed by atoms with Crippen LogP contribution in [0.3, 0.4) is 0 Å². The lowest BCUT2D eigenvalue weighted by atomic mass is 10.3. The third-order valence-electron chi connectivity index (χ3n) is 1.75. The van der Waals surface area contributed by atoms with Crippen LogP contribution in [0.4, 0.5) is 0 Å². The van der Waals surface area contributed by atoms with E-state index in [9.17, 15) is 5.11 Å². The summed E-state index contributed by atoms with van der Waals surface area (Å²) in [5.41, 5.74) is 0. The van der Waals surface area contributed by atoms with E-state index in [4.69, 9.17) is 9.84 Å². The molecule has 0 aromatic heterocycles. The van der Waals surface area contributed by atoms with Crippen molar-refractivity contribution in [2.75, 3.05) is 39.5 Å². The van der Waals surface area contributed by atoms with Crippen LogP contribution in [0.5, 0.6) is 0 Å². The van der Waals surface area contributed by atoms with Crippen molar-refractivity contribution in [1.82, 2.24) is 4.90 Å². The molecule has 0 aliphatic carbocycles. The van der Waals surface area contributed by atoms with Gasteiger partial charge in [-0.1, -0.05) is 0 Å². The van der Waals surface area contributed by atoms with Crippen molar-refractivity contribution >= 4 is 0 Å². The van der Waals surface area contributed by atoms with Gasteiger partial charge in [0, 0.05) is 19.6 Å². The average molecular weight is 161 g/mol. The highest BCUT2D eigenvalue weighted by Crippen LogP contribution is 1.98. The molecule has 1 atom stereocenters. The molecular weight excluding hydrogens is 146 g/mol. The molecule has 0 radical (unpaired) electrons. The standard InChI is InChI=1S/C7H15NO3/c9-3-1-8-2-4-11-6-7(10)5-8/h7,9-10H,1-6H2. The van der Waals surface area contributed by atoms with Gasteiger partial charge in [0.1, 0.15) is 0 Å². The summed E-state index contributed by atoms with van der Waals surface area (Å²) >= 11 is 0. The predicted octanol–water partition coefficient (Wildman–Crippen LogP) is -1.33. The molecule has 1 fully saturated rings. The van der Waals surface area contributed by atoms with Crippen LogP contribution < -0.4 is 0 Å². The number of hydrogen-bond acceptors (Lipinski definition) is 4. The summed E-state index contributed by atoms with van der Waals surface area (Å²) in [5.74, 6) is 0. The summed E-state index contributed by atoms with van der Waals surface area (Å²) in [5, 5.41) is 17.9. The first-order chi connectivity index (χ1) is 5.33. The zero-order chi connectivity index (χ0) is 8.10. The minimum absolute atomic E-state index is 0.146. The monoisotopic (exact) mass is 161 g/mol. The second-order valence-corrected chi connectivity index (χ2v) is 2.75. The molecule has 1 unspecified atom stereocenters. The van der Waals surface area contributed by atoms with E-state index >= 15 is 0 Å². The Hall–Kier alpha value is -0.160. The Morgan fingerprint density at radius 2 is 2.36 bits per heavy atom. The fourth-order valence-electron chi connectivity index (χ4n) is 1.20. The molecule has 1 rings (SSSR count). The van der Waals surface area contributed by atoms with Gasteiger partial charge in [0.25, 0.3) is 0 Å². The van der Waals surface area contributed by atoms with Gasteiger partial charge in [0.15, 0.2) is 0 Å². The Balaban J connectivity index is 2.27. The Bertz CT molecular complexity index is 110. The fraction of sp³-hybridized carbons (Fsp3) is 1.00. The summed E-state index contributed by atoms with van der Waals surface area (Å²) in [6, 6.07) is 0. The molecule has 0 amide bonds. The van der Waals surface area contributed by atoms with Crippen LogP contribution in [-0.4, -0.2) is 60.7 Å². The quantitative estimate of drug-likeness (QED) is 0.527. The average Bonchev–Trinajstić information content (AvgIpc) is 2.15. The number of hydrogen-bond donors (Lipinski definition) is 2. The van der Waals surface area contributed by atoms with Crippen LogP contribution in [0.2, 0.25) is 0 Å². The van der Waals surface area contributed by atoms with E-state index in [0.29, 0.717) is 26.3 Å². The number of nitrogens with zero attached hydrogens (tertiary/aromatic N) is 1. The second kappa shape index (κ2) is 4.66. The highest BCUT2D eigenvalue weighted by Gasteiger charge is 2.14. The molecule has 11 heavy (non-hydrogen) atoms. The molecule has 66 valence electrons. The molecule has 1 aliphatic heterocycles. The smallest absolute Gasteiger partial charge is 0.0900 e. The number of aliphatic hydroxyl groups is 2. The van der Waals surface area contributed by atoms with Crippen LogP contribution in [-0.2, 0) is 4.74 Å². The van der Waals surface area contributed by atoms with Crippen molar-refractivity contribution in [3.05, 3.63) is 0 Å². The van der Waals surface area contributed by atoms with Crippen molar-refractivity contribution < 1.29 is 14.9 Å². The Labute approximate surface area is 66.4 Å². The maximum atomic E-state index is 9.24. The third kappa shape index (κ3) is 3.16. The van der Waals surface area contributed by atoms with E-state index in [1.807, 2.05) is 4.90 Å². The normalized spacial score (nSPS) is 28.4. The van der Waals surface area contributed by atoms with Gasteiger partial charge < -0.3 is 14.9 Å². The van der Waals surface area contributed by atoms with E-state index < -0.39 is 6.10 Å². The second-order valence-electron chi connectivity index (χ2n) is 2.75. The molecule has 0 bridgehead atoms. The van der Waals surface area contributed by atoms with Crippen molar-refractivity contribution in [3.63, 3.8) is 0 Å². The van der Waals surface area contributed by atoms with Crippen molar-refractivity contribution in [2.24, 2.45) is 0 Å². The molecule has 0 aromatic carbocycles. The highest BCUT2D eigenvalue weighted by atomic mass is 16.5. The summed E-state index contributed by atoms with van der Waals surface area (Å²) in [6.07, 6.45) is -0.399. The molecule has 1 aliphatic rings. The number of ether oxygens (including phenoxy) is 1. The Morgan fingerprint density at radius 1 is 1.55 bits per heavy atom. The van der Waals surface area contributed by atoms with Gasteiger partial charge in [0.05, 0.1) is 25.9 Å². The van der Waals surface area contributed by atoms with Crippen molar-refractivity contribution in [3.8, 4) is 0 Å². The minimum atomic E-state index is -0.399. The van der Waals surface area contributed by atoms with Crippen LogP contribution >= 0.6 is 0 Å². The molecule has 1 saturated heterocycles. The zero-order valence-electron chi connectivity index (χ0n) is 6.57. The first kappa shape index (κ1) is 8.93. The topological polar surface area (TPSA) is 52.9 Å². The maximum Gasteiger partial charge on any atom is 0.0900 e. The largest absolute Gasteiger partial charge is 0.395 e. The van der Waals surface area contributed by atoms with Gasteiger partial charge in [-0.3, -0.25) is 4.90 Å². The minimum Gasteiger partial charge on any atom is -0.395 e. The lowest BCUT2D eigenvalue weighted by molar-refractivity contribution is 0.0558. The van der Waals surface area contributed by atoms with Crippen molar-refractivity contribution in [1.29, 1.82) is 0 Å². The molecule has 2 N–H and O–H groups in total. The molecule has 1 heterocycles. The van der Waals surface area contributed by atoms with Gasteiger partial charge in [-0.25, -0.2) is 0 Å². The van der Waals surface area contributed by atoms with Crippen LogP contribution in [0.1, 0.15) is 0 Å². The lowest BCUT2D eigenvalue weighted by Crippen LogP contribution is -2.34. The van der Waals surface area contributed by atoms with E-state index in [1.165, 1.54) is 0 Å². The number of rotatable bonds is 2. The number of aliphatic hydroxyl groups excluding tert-OH is 2. The van der Waals surface area contributed by atoms with Gasteiger partial charge in [-0.05, 0) is 0 Å². The van der Waals surface area contributed by atoms with Gasteiger partial charge in [0.2, 0.25) is 0 Å². The highest BCUT2D eigenvalue weighted by molar-refractivity contribution is 4.67. The molecule has 4 heteroatoms. The zero-order valence-corrected chi connectivity index (χ0v) is 6.57. The van der Waals surface area contributed by atoms with Gasteiger partial charge >= 0.3 is 0 Å². The van der Waals surface area contributed by atoms with Crippen LogP contribution in [0, 0.1) is 0 Å². The molecule has 0 saturated carbocycles. The molecule has 4 nitrogen and oxygen atoms in total. The SMILES string of the molecule is OCCN1CCOCC(O)C1. The summed E-state index contributed by atoms with van der Waals surface area (Å²) < 4.78 is 5.11. The molecule has 0 spiro atoms. The van der Waals surface area contributed by atoms with Gasteiger partial charge in [-0.2, -0.15) is 0 Å². The third-order valence-corrected chi connectivity index (χ3v) is 1.75. The van der Waals surface area contributed by atoms with E-state index in [2.05, 4.69) is 0 Å². The first-order valence-corrected chi connectivity index (χ1v) is 3.92. The van der Waals surface area contributed by atoms with Crippen LogP contribution in [0.15, 0.2) is 0 Å². The van der Waals surface area contributed by atoms with E-state index in [1.54, 1.807) is 0 Å².